The van der Waals surface area contributed by atoms with Gasteiger partial charge in [0.15, 0.2) is 9.84 Å². The van der Waals surface area contributed by atoms with Crippen LogP contribution < -0.4 is 5.32 Å². The minimum Gasteiger partial charge on any atom is -0.352 e. The van der Waals surface area contributed by atoms with Crippen molar-refractivity contribution in [3.63, 3.8) is 0 Å². The summed E-state index contributed by atoms with van der Waals surface area (Å²) in [6.07, 6.45) is 3.96. The van der Waals surface area contributed by atoms with Gasteiger partial charge in [-0.2, -0.15) is 0 Å². The van der Waals surface area contributed by atoms with Crippen LogP contribution in [0.2, 0.25) is 0 Å². The Morgan fingerprint density at radius 2 is 1.93 bits per heavy atom. The highest BCUT2D eigenvalue weighted by Crippen LogP contribution is 2.22. The lowest BCUT2D eigenvalue weighted by Gasteiger charge is -2.10. The van der Waals surface area contributed by atoms with Gasteiger partial charge in [0, 0.05) is 29.7 Å². The molecule has 0 unspecified atom stereocenters. The maximum absolute atomic E-state index is 12.1. The molecule has 27 heavy (non-hydrogen) atoms. The molecule has 0 bridgehead atoms. The van der Waals surface area contributed by atoms with Crippen LogP contribution in [0.25, 0.3) is 11.8 Å². The first kappa shape index (κ1) is 19.4. The molecule has 1 amide bonds. The molecule has 1 N–H and O–H groups in total. The van der Waals surface area contributed by atoms with Gasteiger partial charge < -0.3 is 9.88 Å². The van der Waals surface area contributed by atoms with Crippen molar-refractivity contribution < 1.29 is 13.2 Å². The fourth-order valence-electron chi connectivity index (χ4n) is 3.55. The maximum Gasteiger partial charge on any atom is 0.244 e. The topological polar surface area (TPSA) is 68.2 Å². The summed E-state index contributed by atoms with van der Waals surface area (Å²) in [5.74, 6) is 0.238. The second-order valence-corrected chi connectivity index (χ2v) is 9.57. The number of sulfone groups is 1. The van der Waals surface area contributed by atoms with E-state index in [1.165, 1.54) is 11.6 Å². The van der Waals surface area contributed by atoms with Crippen LogP contribution in [0, 0.1) is 26.7 Å². The first-order chi connectivity index (χ1) is 12.7. The van der Waals surface area contributed by atoms with E-state index in [1.807, 2.05) is 19.9 Å². The average molecular weight is 387 g/mol. The number of aryl methyl sites for hydroxylation is 2. The Kier molecular flexibility index (Phi) is 5.56. The molecule has 6 heteroatoms. The zero-order valence-corrected chi connectivity index (χ0v) is 16.8. The summed E-state index contributed by atoms with van der Waals surface area (Å²) in [7, 11) is -2.91. The van der Waals surface area contributed by atoms with Gasteiger partial charge in [0.2, 0.25) is 5.91 Å². The number of nitrogens with zero attached hydrogens (tertiary/aromatic N) is 1. The van der Waals surface area contributed by atoms with Crippen LogP contribution in [0.4, 0.5) is 0 Å². The van der Waals surface area contributed by atoms with E-state index >= 15 is 0 Å². The number of aromatic nitrogens is 1. The number of carbonyl (C=O) groups is 1. The van der Waals surface area contributed by atoms with Crippen LogP contribution in [0.5, 0.6) is 0 Å². The molecule has 1 aromatic carbocycles. The normalized spacial score (nSPS) is 18.9. The molecule has 1 fully saturated rings. The standard InChI is InChI=1S/C21H26N2O3S/c1-15-4-7-20(8-5-15)23-16(2)12-19(17(23)3)6-9-21(24)22-13-18-10-11-27(25,26)14-18/h4-9,12,18H,10-11,13-14H2,1-3H3,(H,22,24)/b9-6+/t18-/m0/s1. The van der Waals surface area contributed by atoms with Gasteiger partial charge in [-0.1, -0.05) is 17.7 Å². The molecule has 2 aromatic rings. The summed E-state index contributed by atoms with van der Waals surface area (Å²) >= 11 is 0. The largest absolute Gasteiger partial charge is 0.352 e. The van der Waals surface area contributed by atoms with E-state index in [9.17, 15) is 13.2 Å². The molecule has 5 nitrogen and oxygen atoms in total. The fraction of sp³-hybridized carbons (Fsp3) is 0.381. The lowest BCUT2D eigenvalue weighted by Crippen LogP contribution is -2.28. The zero-order chi connectivity index (χ0) is 19.6. The molecule has 3 rings (SSSR count). The summed E-state index contributed by atoms with van der Waals surface area (Å²) < 4.78 is 25.1. The summed E-state index contributed by atoms with van der Waals surface area (Å²) in [5.41, 5.74) is 5.48. The second kappa shape index (κ2) is 7.72. The number of amides is 1. The van der Waals surface area contributed by atoms with Gasteiger partial charge in [0.25, 0.3) is 0 Å². The van der Waals surface area contributed by atoms with E-state index in [1.54, 1.807) is 0 Å². The molecule has 144 valence electrons. The summed E-state index contributed by atoms with van der Waals surface area (Å²) in [4.78, 5) is 12.1. The number of rotatable bonds is 5. The predicted octanol–water partition coefficient (Wildman–Crippen LogP) is 2.97. The minimum atomic E-state index is -2.91. The molecule has 1 atom stereocenters. The number of hydrogen-bond donors (Lipinski definition) is 1. The minimum absolute atomic E-state index is 0.0268. The number of carbonyl (C=O) groups excluding carboxylic acids is 1. The monoisotopic (exact) mass is 386 g/mol. The molecule has 1 aromatic heterocycles. The van der Waals surface area contributed by atoms with Crippen LogP contribution in [0.1, 0.15) is 28.9 Å². The van der Waals surface area contributed by atoms with Gasteiger partial charge in [0.1, 0.15) is 0 Å². The maximum atomic E-state index is 12.1. The van der Waals surface area contributed by atoms with Crippen LogP contribution in [-0.2, 0) is 14.6 Å². The molecule has 0 aliphatic carbocycles. The van der Waals surface area contributed by atoms with E-state index in [0.717, 1.165) is 22.6 Å². The highest BCUT2D eigenvalue weighted by Gasteiger charge is 2.27. The van der Waals surface area contributed by atoms with Crippen LogP contribution in [0.3, 0.4) is 0 Å². The molecular weight excluding hydrogens is 360 g/mol. The van der Waals surface area contributed by atoms with E-state index in [0.29, 0.717) is 13.0 Å². The lowest BCUT2D eigenvalue weighted by molar-refractivity contribution is -0.116. The Morgan fingerprint density at radius 3 is 2.56 bits per heavy atom. The second-order valence-electron chi connectivity index (χ2n) is 7.34. The predicted molar refractivity (Wildman–Crippen MR) is 109 cm³/mol. The molecule has 2 heterocycles. The van der Waals surface area contributed by atoms with Crippen molar-refractivity contribution >= 4 is 21.8 Å². The Morgan fingerprint density at radius 1 is 1.22 bits per heavy atom. The first-order valence-corrected chi connectivity index (χ1v) is 11.0. The Bertz CT molecular complexity index is 970. The number of nitrogens with one attached hydrogen (secondary N) is 1. The van der Waals surface area contributed by atoms with Crippen LogP contribution >= 0.6 is 0 Å². The molecule has 1 saturated heterocycles. The van der Waals surface area contributed by atoms with E-state index in [2.05, 4.69) is 47.1 Å². The molecule has 0 radical (unpaired) electrons. The Labute approximate surface area is 161 Å². The van der Waals surface area contributed by atoms with Crippen molar-refractivity contribution in [2.75, 3.05) is 18.1 Å². The lowest BCUT2D eigenvalue weighted by atomic mass is 10.1. The molecule has 1 aliphatic heterocycles. The summed E-state index contributed by atoms with van der Waals surface area (Å²) in [6, 6.07) is 10.4. The summed E-state index contributed by atoms with van der Waals surface area (Å²) in [6.45, 7) is 6.55. The number of benzene rings is 1. The summed E-state index contributed by atoms with van der Waals surface area (Å²) in [5, 5.41) is 2.81. The third-order valence-electron chi connectivity index (χ3n) is 5.07. The molecular formula is C21H26N2O3S. The zero-order valence-electron chi connectivity index (χ0n) is 16.0. The smallest absolute Gasteiger partial charge is 0.244 e. The Balaban J connectivity index is 1.66. The van der Waals surface area contributed by atoms with Gasteiger partial charge in [0.05, 0.1) is 11.5 Å². The number of hydrogen-bond acceptors (Lipinski definition) is 3. The highest BCUT2D eigenvalue weighted by molar-refractivity contribution is 7.91. The van der Waals surface area contributed by atoms with Crippen molar-refractivity contribution in [2.45, 2.75) is 27.2 Å². The van der Waals surface area contributed by atoms with Gasteiger partial charge in [-0.3, -0.25) is 4.79 Å². The van der Waals surface area contributed by atoms with Crippen LogP contribution in [-0.4, -0.2) is 36.9 Å². The third-order valence-corrected chi connectivity index (χ3v) is 6.91. The van der Waals surface area contributed by atoms with Crippen molar-refractivity contribution in [3.8, 4) is 5.69 Å². The van der Waals surface area contributed by atoms with Crippen molar-refractivity contribution in [3.05, 3.63) is 58.9 Å². The SMILES string of the molecule is Cc1ccc(-n2c(C)cc(/C=C/C(=O)NC[C@@H]3CCS(=O)(=O)C3)c2C)cc1. The van der Waals surface area contributed by atoms with Crippen molar-refractivity contribution in [1.29, 1.82) is 0 Å². The quantitative estimate of drug-likeness (QED) is 0.804. The van der Waals surface area contributed by atoms with E-state index in [-0.39, 0.29) is 23.3 Å². The van der Waals surface area contributed by atoms with E-state index in [4.69, 9.17) is 0 Å². The van der Waals surface area contributed by atoms with Gasteiger partial charge in [-0.25, -0.2) is 8.42 Å². The van der Waals surface area contributed by atoms with Crippen LogP contribution in [0.15, 0.2) is 36.4 Å². The van der Waals surface area contributed by atoms with Crippen molar-refractivity contribution in [2.24, 2.45) is 5.92 Å². The Hall–Kier alpha value is -2.34. The van der Waals surface area contributed by atoms with Crippen molar-refractivity contribution in [1.82, 2.24) is 9.88 Å². The molecule has 0 spiro atoms. The molecule has 0 saturated carbocycles. The van der Waals surface area contributed by atoms with Gasteiger partial charge in [-0.05, 0) is 62.9 Å². The highest BCUT2D eigenvalue weighted by atomic mass is 32.2. The average Bonchev–Trinajstić information content (AvgIpc) is 3.10. The van der Waals surface area contributed by atoms with E-state index < -0.39 is 9.84 Å². The first-order valence-electron chi connectivity index (χ1n) is 9.17. The molecule has 1 aliphatic rings. The third kappa shape index (κ3) is 4.69. The van der Waals surface area contributed by atoms with Gasteiger partial charge >= 0.3 is 0 Å². The van der Waals surface area contributed by atoms with Gasteiger partial charge in [-0.15, -0.1) is 0 Å². The fourth-order valence-corrected chi connectivity index (χ4v) is 5.41.